The van der Waals surface area contributed by atoms with E-state index in [1.165, 1.54) is 37.5 Å². The molecule has 4 saturated carbocycles. The van der Waals surface area contributed by atoms with Crippen LogP contribution in [0.3, 0.4) is 0 Å². The Morgan fingerprint density at radius 3 is 2.32 bits per heavy atom. The smallest absolute Gasteiger partial charge is 0.339 e. The number of esters is 1. The Morgan fingerprint density at radius 1 is 1.16 bits per heavy atom. The molecule has 1 atom stereocenters. The number of carbonyl (C=O) groups is 2. The molecule has 0 spiro atoms. The Morgan fingerprint density at radius 2 is 1.76 bits per heavy atom. The fourth-order valence-corrected chi connectivity index (χ4v) is 5.52. The minimum absolute atomic E-state index is 0.106. The molecule has 25 heavy (non-hydrogen) atoms. The summed E-state index contributed by atoms with van der Waals surface area (Å²) in [5.74, 6) is 0.782. The summed E-state index contributed by atoms with van der Waals surface area (Å²) in [7, 11) is 0. The molecule has 0 unspecified atom stereocenters. The minimum Gasteiger partial charge on any atom is -0.449 e. The Labute approximate surface area is 147 Å². The van der Waals surface area contributed by atoms with Gasteiger partial charge in [-0.1, -0.05) is 6.07 Å². The second kappa shape index (κ2) is 6.11. The SMILES string of the molecule is C[C@@H](OC(=O)c1cccc(F)c1)C(=O)NC12CC3CC(CC(C3)C1)C2. The zero-order chi connectivity index (χ0) is 17.6. The Bertz CT molecular complexity index is 667. The van der Waals surface area contributed by atoms with Gasteiger partial charge in [0.1, 0.15) is 5.82 Å². The van der Waals surface area contributed by atoms with E-state index in [2.05, 4.69) is 5.32 Å². The van der Waals surface area contributed by atoms with Crippen LogP contribution < -0.4 is 5.32 Å². The second-order valence-electron chi connectivity index (χ2n) is 8.25. The van der Waals surface area contributed by atoms with Crippen molar-refractivity contribution >= 4 is 11.9 Å². The predicted molar refractivity (Wildman–Crippen MR) is 90.3 cm³/mol. The third-order valence-electron chi connectivity index (χ3n) is 6.14. The quantitative estimate of drug-likeness (QED) is 0.851. The molecule has 1 N–H and O–H groups in total. The normalized spacial score (nSPS) is 33.8. The average Bonchev–Trinajstić information content (AvgIpc) is 2.53. The minimum atomic E-state index is -0.885. The van der Waals surface area contributed by atoms with E-state index in [0.29, 0.717) is 0 Å². The predicted octanol–water partition coefficient (Wildman–Crippen LogP) is 3.46. The van der Waals surface area contributed by atoms with Gasteiger partial charge in [0.15, 0.2) is 6.10 Å². The van der Waals surface area contributed by atoms with E-state index in [9.17, 15) is 14.0 Å². The molecule has 1 amide bonds. The van der Waals surface area contributed by atoms with Gasteiger partial charge in [-0.25, -0.2) is 9.18 Å². The molecule has 4 aliphatic rings. The standard InChI is InChI=1S/C20H24FNO3/c1-12(25-19(24)16-3-2-4-17(21)8-16)18(23)22-20-9-13-5-14(10-20)7-15(6-13)11-20/h2-4,8,12-15H,5-7,9-11H2,1H3,(H,22,23)/t12-,13?,14?,15?,20?/m1/s1. The lowest BCUT2D eigenvalue weighted by Crippen LogP contribution is -2.61. The van der Waals surface area contributed by atoms with Crippen LogP contribution in [0.5, 0.6) is 0 Å². The van der Waals surface area contributed by atoms with Crippen LogP contribution in [-0.4, -0.2) is 23.5 Å². The molecule has 4 fully saturated rings. The number of amides is 1. The molecule has 0 aliphatic heterocycles. The van der Waals surface area contributed by atoms with Crippen molar-refractivity contribution in [1.29, 1.82) is 0 Å². The number of rotatable bonds is 4. The fraction of sp³-hybridized carbons (Fsp3) is 0.600. The third kappa shape index (κ3) is 3.29. The van der Waals surface area contributed by atoms with E-state index in [0.717, 1.165) is 43.1 Å². The first kappa shape index (κ1) is 16.6. The van der Waals surface area contributed by atoms with Gasteiger partial charge in [-0.15, -0.1) is 0 Å². The molecule has 5 rings (SSSR count). The number of ether oxygens (including phenoxy) is 1. The van der Waals surface area contributed by atoms with Gasteiger partial charge in [0, 0.05) is 5.54 Å². The molecule has 0 saturated heterocycles. The van der Waals surface area contributed by atoms with Crippen molar-refractivity contribution in [3.05, 3.63) is 35.6 Å². The number of hydrogen-bond donors (Lipinski definition) is 1. The van der Waals surface area contributed by atoms with Gasteiger partial charge in [-0.2, -0.15) is 0 Å². The zero-order valence-corrected chi connectivity index (χ0v) is 14.5. The average molecular weight is 345 g/mol. The lowest BCUT2D eigenvalue weighted by Gasteiger charge is -2.57. The highest BCUT2D eigenvalue weighted by atomic mass is 19.1. The molecule has 1 aromatic rings. The van der Waals surface area contributed by atoms with E-state index in [4.69, 9.17) is 4.74 Å². The first-order valence-corrected chi connectivity index (χ1v) is 9.21. The van der Waals surface area contributed by atoms with Crippen molar-refractivity contribution < 1.29 is 18.7 Å². The van der Waals surface area contributed by atoms with E-state index in [-0.39, 0.29) is 17.0 Å². The van der Waals surface area contributed by atoms with E-state index >= 15 is 0 Å². The number of carbonyl (C=O) groups excluding carboxylic acids is 2. The van der Waals surface area contributed by atoms with Gasteiger partial charge in [-0.05, 0) is 81.4 Å². The Hall–Kier alpha value is -1.91. The zero-order valence-electron chi connectivity index (χ0n) is 14.5. The van der Waals surface area contributed by atoms with Crippen molar-refractivity contribution in [2.24, 2.45) is 17.8 Å². The van der Waals surface area contributed by atoms with Gasteiger partial charge < -0.3 is 10.1 Å². The molecule has 1 aromatic carbocycles. The summed E-state index contributed by atoms with van der Waals surface area (Å²) in [5, 5.41) is 3.20. The molecule has 0 radical (unpaired) electrons. The molecular formula is C20H24FNO3. The van der Waals surface area contributed by atoms with Crippen LogP contribution in [0.1, 0.15) is 55.8 Å². The summed E-state index contributed by atoms with van der Waals surface area (Å²) in [5.41, 5.74) is 0.0141. The number of halogens is 1. The summed E-state index contributed by atoms with van der Waals surface area (Å²) in [4.78, 5) is 24.7. The molecule has 4 aliphatic carbocycles. The van der Waals surface area contributed by atoms with Gasteiger partial charge in [-0.3, -0.25) is 4.79 Å². The van der Waals surface area contributed by atoms with Crippen LogP contribution in [-0.2, 0) is 9.53 Å². The first-order chi connectivity index (χ1) is 11.9. The van der Waals surface area contributed by atoms with Gasteiger partial charge in [0.2, 0.25) is 0 Å². The van der Waals surface area contributed by atoms with Crippen molar-refractivity contribution in [2.45, 2.75) is 57.1 Å². The van der Waals surface area contributed by atoms with Crippen molar-refractivity contribution in [2.75, 3.05) is 0 Å². The second-order valence-corrected chi connectivity index (χ2v) is 8.25. The van der Waals surface area contributed by atoms with E-state index in [1.807, 2.05) is 0 Å². The van der Waals surface area contributed by atoms with Crippen molar-refractivity contribution in [3.63, 3.8) is 0 Å². The maximum Gasteiger partial charge on any atom is 0.339 e. The maximum absolute atomic E-state index is 13.2. The highest BCUT2D eigenvalue weighted by molar-refractivity contribution is 5.92. The third-order valence-corrected chi connectivity index (χ3v) is 6.14. The first-order valence-electron chi connectivity index (χ1n) is 9.21. The summed E-state index contributed by atoms with van der Waals surface area (Å²) >= 11 is 0. The molecule has 4 nitrogen and oxygen atoms in total. The van der Waals surface area contributed by atoms with Crippen molar-refractivity contribution in [3.8, 4) is 0 Å². The number of benzene rings is 1. The molecule has 4 bridgehead atoms. The monoisotopic (exact) mass is 345 g/mol. The highest BCUT2D eigenvalue weighted by Crippen LogP contribution is 2.55. The molecule has 0 heterocycles. The van der Waals surface area contributed by atoms with Crippen LogP contribution in [0.4, 0.5) is 4.39 Å². The Kier molecular flexibility index (Phi) is 4.05. The summed E-state index contributed by atoms with van der Waals surface area (Å²) < 4.78 is 18.5. The number of hydrogen-bond acceptors (Lipinski definition) is 3. The van der Waals surface area contributed by atoms with E-state index in [1.54, 1.807) is 6.92 Å². The van der Waals surface area contributed by atoms with Crippen LogP contribution in [0.15, 0.2) is 24.3 Å². The lowest BCUT2D eigenvalue weighted by molar-refractivity contribution is -0.134. The molecule has 5 heteroatoms. The van der Waals surface area contributed by atoms with Crippen LogP contribution in [0.2, 0.25) is 0 Å². The van der Waals surface area contributed by atoms with Crippen molar-refractivity contribution in [1.82, 2.24) is 5.32 Å². The van der Waals surface area contributed by atoms with Gasteiger partial charge in [0.25, 0.3) is 5.91 Å². The number of nitrogens with one attached hydrogen (secondary N) is 1. The van der Waals surface area contributed by atoms with Crippen LogP contribution >= 0.6 is 0 Å². The van der Waals surface area contributed by atoms with E-state index < -0.39 is 17.9 Å². The molecule has 0 aromatic heterocycles. The highest BCUT2D eigenvalue weighted by Gasteiger charge is 2.51. The van der Waals surface area contributed by atoms with Gasteiger partial charge >= 0.3 is 5.97 Å². The topological polar surface area (TPSA) is 55.4 Å². The summed E-state index contributed by atoms with van der Waals surface area (Å²) in [6.45, 7) is 1.58. The Balaban J connectivity index is 1.39. The van der Waals surface area contributed by atoms with Gasteiger partial charge in [0.05, 0.1) is 5.56 Å². The van der Waals surface area contributed by atoms with Crippen LogP contribution in [0.25, 0.3) is 0 Å². The molecular weight excluding hydrogens is 321 g/mol. The van der Waals surface area contributed by atoms with Crippen LogP contribution in [0, 0.1) is 23.6 Å². The summed E-state index contributed by atoms with van der Waals surface area (Å²) in [6.07, 6.45) is 6.18. The lowest BCUT2D eigenvalue weighted by atomic mass is 9.53. The largest absolute Gasteiger partial charge is 0.449 e. The fourth-order valence-electron chi connectivity index (χ4n) is 5.52. The molecule has 134 valence electrons. The summed E-state index contributed by atoms with van der Waals surface area (Å²) in [6, 6.07) is 5.31. The maximum atomic E-state index is 13.2.